The number of carbonyl (C=O) groups is 1. The monoisotopic (exact) mass is 408 g/mol. The highest BCUT2D eigenvalue weighted by Crippen LogP contribution is 2.29. The molecule has 7 nitrogen and oxygen atoms in total. The number of hydrogen-bond donors (Lipinski definition) is 0. The summed E-state index contributed by atoms with van der Waals surface area (Å²) in [6.45, 7) is 3.28. The van der Waals surface area contributed by atoms with Gasteiger partial charge in [0.2, 0.25) is 15.9 Å². The highest BCUT2D eigenvalue weighted by atomic mass is 32.2. The standard InChI is InChI=1S/C18H24N4O3S2/c1-27(24,25)22-11-4-7-15(22)17(23)20-9-5-10-21(13-12-20)18-19-14-6-2-3-8-16(14)26-18/h2-3,6,8,15H,4-5,7,9-13H2,1H3/t15-/m0/s1. The maximum absolute atomic E-state index is 13.0. The Balaban J connectivity index is 1.46. The molecule has 2 aromatic rings. The van der Waals surface area contributed by atoms with Gasteiger partial charge in [-0.2, -0.15) is 4.31 Å². The van der Waals surface area contributed by atoms with Gasteiger partial charge in [0.15, 0.2) is 5.13 Å². The molecule has 0 aliphatic carbocycles. The Labute approximate surface area is 163 Å². The average molecular weight is 409 g/mol. The molecule has 0 spiro atoms. The van der Waals surface area contributed by atoms with Gasteiger partial charge in [0, 0.05) is 32.7 Å². The summed E-state index contributed by atoms with van der Waals surface area (Å²) in [4.78, 5) is 21.8. The summed E-state index contributed by atoms with van der Waals surface area (Å²) in [7, 11) is -3.35. The summed E-state index contributed by atoms with van der Waals surface area (Å²) in [6.07, 6.45) is 3.41. The van der Waals surface area contributed by atoms with Crippen LogP contribution in [-0.2, 0) is 14.8 Å². The van der Waals surface area contributed by atoms with Crippen LogP contribution in [0.5, 0.6) is 0 Å². The molecule has 27 heavy (non-hydrogen) atoms. The Morgan fingerprint density at radius 2 is 1.93 bits per heavy atom. The molecule has 2 saturated heterocycles. The van der Waals surface area contributed by atoms with Gasteiger partial charge >= 0.3 is 0 Å². The van der Waals surface area contributed by atoms with E-state index in [0.29, 0.717) is 26.1 Å². The Hall–Kier alpha value is -1.71. The second-order valence-electron chi connectivity index (χ2n) is 7.16. The van der Waals surface area contributed by atoms with Gasteiger partial charge in [0.25, 0.3) is 0 Å². The fourth-order valence-corrected chi connectivity index (χ4v) is 6.05. The van der Waals surface area contributed by atoms with Crippen molar-refractivity contribution in [2.75, 3.05) is 43.9 Å². The molecule has 0 unspecified atom stereocenters. The van der Waals surface area contributed by atoms with E-state index in [4.69, 9.17) is 4.98 Å². The molecule has 2 aliphatic heterocycles. The van der Waals surface area contributed by atoms with E-state index in [1.54, 1.807) is 11.3 Å². The van der Waals surface area contributed by atoms with Crippen LogP contribution in [0.3, 0.4) is 0 Å². The largest absolute Gasteiger partial charge is 0.346 e. The number of aromatic nitrogens is 1. The lowest BCUT2D eigenvalue weighted by Crippen LogP contribution is -2.48. The molecule has 0 radical (unpaired) electrons. The normalized spacial score (nSPS) is 22.3. The van der Waals surface area contributed by atoms with Crippen molar-refractivity contribution in [3.8, 4) is 0 Å². The van der Waals surface area contributed by atoms with Gasteiger partial charge in [0.05, 0.1) is 16.5 Å². The van der Waals surface area contributed by atoms with E-state index in [1.807, 2.05) is 23.1 Å². The van der Waals surface area contributed by atoms with Gasteiger partial charge in [-0.15, -0.1) is 0 Å². The minimum Gasteiger partial charge on any atom is -0.346 e. The van der Waals surface area contributed by atoms with E-state index in [2.05, 4.69) is 11.0 Å². The highest BCUT2D eigenvalue weighted by Gasteiger charge is 2.38. The summed E-state index contributed by atoms with van der Waals surface area (Å²) in [5, 5.41) is 0.990. The first-order chi connectivity index (χ1) is 12.9. The van der Waals surface area contributed by atoms with Crippen LogP contribution in [0.25, 0.3) is 10.2 Å². The summed E-state index contributed by atoms with van der Waals surface area (Å²) in [6, 6.07) is 7.56. The number of benzene rings is 1. The molecule has 2 fully saturated rings. The second kappa shape index (κ2) is 7.37. The fourth-order valence-electron chi connectivity index (χ4n) is 3.92. The van der Waals surface area contributed by atoms with Crippen LogP contribution in [0.2, 0.25) is 0 Å². The van der Waals surface area contributed by atoms with Crippen molar-refractivity contribution in [3.63, 3.8) is 0 Å². The number of rotatable bonds is 3. The summed E-state index contributed by atoms with van der Waals surface area (Å²) >= 11 is 1.68. The predicted molar refractivity (Wildman–Crippen MR) is 108 cm³/mol. The number of fused-ring (bicyclic) bond motifs is 1. The van der Waals surface area contributed by atoms with Crippen molar-refractivity contribution in [1.82, 2.24) is 14.2 Å². The number of sulfonamides is 1. The van der Waals surface area contributed by atoms with Crippen LogP contribution >= 0.6 is 11.3 Å². The Morgan fingerprint density at radius 1 is 1.11 bits per heavy atom. The van der Waals surface area contributed by atoms with Gasteiger partial charge in [-0.05, 0) is 31.4 Å². The fraction of sp³-hybridized carbons (Fsp3) is 0.556. The van der Waals surface area contributed by atoms with E-state index in [0.717, 1.165) is 36.6 Å². The second-order valence-corrected chi connectivity index (χ2v) is 10.1. The molecule has 4 rings (SSSR count). The van der Waals surface area contributed by atoms with Gasteiger partial charge in [-0.25, -0.2) is 13.4 Å². The Kier molecular flexibility index (Phi) is 5.09. The number of anilines is 1. The first-order valence-electron chi connectivity index (χ1n) is 9.29. The van der Waals surface area contributed by atoms with Crippen molar-refractivity contribution in [2.45, 2.75) is 25.3 Å². The first-order valence-corrected chi connectivity index (χ1v) is 12.0. The Bertz CT molecular complexity index is 910. The van der Waals surface area contributed by atoms with Gasteiger partial charge < -0.3 is 9.80 Å². The zero-order valence-corrected chi connectivity index (χ0v) is 17.0. The van der Waals surface area contributed by atoms with Crippen LogP contribution in [0, 0.1) is 0 Å². The third kappa shape index (κ3) is 3.81. The molecule has 3 heterocycles. The van der Waals surface area contributed by atoms with Crippen LogP contribution in [0.1, 0.15) is 19.3 Å². The Morgan fingerprint density at radius 3 is 2.70 bits per heavy atom. The number of amides is 1. The lowest BCUT2D eigenvalue weighted by molar-refractivity contribution is -0.134. The third-order valence-electron chi connectivity index (χ3n) is 5.28. The van der Waals surface area contributed by atoms with Crippen molar-refractivity contribution >= 4 is 42.6 Å². The molecule has 1 amide bonds. The minimum atomic E-state index is -3.35. The average Bonchev–Trinajstić information content (AvgIpc) is 3.22. The maximum Gasteiger partial charge on any atom is 0.241 e. The molecule has 0 saturated carbocycles. The van der Waals surface area contributed by atoms with E-state index < -0.39 is 16.1 Å². The van der Waals surface area contributed by atoms with Crippen molar-refractivity contribution < 1.29 is 13.2 Å². The molecule has 0 N–H and O–H groups in total. The zero-order chi connectivity index (χ0) is 19.0. The molecule has 9 heteroatoms. The molecule has 2 aliphatic rings. The molecule has 0 bridgehead atoms. The van der Waals surface area contributed by atoms with E-state index >= 15 is 0 Å². The topological polar surface area (TPSA) is 73.8 Å². The van der Waals surface area contributed by atoms with E-state index in [-0.39, 0.29) is 5.91 Å². The first kappa shape index (κ1) is 18.6. The van der Waals surface area contributed by atoms with E-state index in [1.165, 1.54) is 15.3 Å². The van der Waals surface area contributed by atoms with Gasteiger partial charge in [0.1, 0.15) is 6.04 Å². The van der Waals surface area contributed by atoms with Crippen LogP contribution in [-0.4, -0.2) is 73.5 Å². The lowest BCUT2D eigenvalue weighted by Gasteiger charge is -2.28. The molecular formula is C18H24N4O3S2. The minimum absolute atomic E-state index is 0.0518. The van der Waals surface area contributed by atoms with Gasteiger partial charge in [-0.1, -0.05) is 23.5 Å². The summed E-state index contributed by atoms with van der Waals surface area (Å²) in [5.74, 6) is -0.0518. The smallest absolute Gasteiger partial charge is 0.241 e. The quantitative estimate of drug-likeness (QED) is 0.774. The molecular weight excluding hydrogens is 384 g/mol. The SMILES string of the molecule is CS(=O)(=O)N1CCC[C@H]1C(=O)N1CCCN(c2nc3ccccc3s2)CC1. The van der Waals surface area contributed by atoms with Crippen LogP contribution in [0.4, 0.5) is 5.13 Å². The summed E-state index contributed by atoms with van der Waals surface area (Å²) in [5.41, 5.74) is 1.00. The van der Waals surface area contributed by atoms with Crippen LogP contribution in [0.15, 0.2) is 24.3 Å². The number of thiazole rings is 1. The molecule has 1 aromatic carbocycles. The number of carbonyl (C=O) groups excluding carboxylic acids is 1. The predicted octanol–water partition coefficient (Wildman–Crippen LogP) is 1.76. The van der Waals surface area contributed by atoms with E-state index in [9.17, 15) is 13.2 Å². The van der Waals surface area contributed by atoms with Crippen molar-refractivity contribution in [1.29, 1.82) is 0 Å². The molecule has 1 aromatic heterocycles. The highest BCUT2D eigenvalue weighted by molar-refractivity contribution is 7.88. The number of nitrogens with zero attached hydrogens (tertiary/aromatic N) is 4. The summed E-state index contributed by atoms with van der Waals surface area (Å²) < 4.78 is 26.5. The zero-order valence-electron chi connectivity index (χ0n) is 15.4. The molecule has 1 atom stereocenters. The van der Waals surface area contributed by atoms with Crippen molar-refractivity contribution in [3.05, 3.63) is 24.3 Å². The maximum atomic E-state index is 13.0. The third-order valence-corrected chi connectivity index (χ3v) is 7.66. The lowest BCUT2D eigenvalue weighted by atomic mass is 10.2. The number of para-hydroxylation sites is 1. The molecule has 146 valence electrons. The van der Waals surface area contributed by atoms with Crippen LogP contribution < -0.4 is 4.90 Å². The number of hydrogen-bond acceptors (Lipinski definition) is 6. The van der Waals surface area contributed by atoms with Gasteiger partial charge in [-0.3, -0.25) is 4.79 Å². The van der Waals surface area contributed by atoms with Crippen molar-refractivity contribution in [2.24, 2.45) is 0 Å².